The van der Waals surface area contributed by atoms with Crippen molar-refractivity contribution >= 4 is 16.9 Å². The molecule has 0 saturated carbocycles. The average molecular weight is 386 g/mol. The van der Waals surface area contributed by atoms with E-state index in [2.05, 4.69) is 49.4 Å². The standard InChI is InChI=1S/C27H31NO/c1-17(2)19-6-10-21(11-7-19)24-16-23-14-15-25(28(23)5)26(24)27(29)22-12-8-20(9-13-22)18(3)4/h6-13,23-26H,1,3,14-16H2,2,4-5H3/t23-,24+,25+,26+/m0/s1. The van der Waals surface area contributed by atoms with Crippen molar-refractivity contribution in [2.24, 2.45) is 5.92 Å². The van der Waals surface area contributed by atoms with Crippen LogP contribution in [0.1, 0.15) is 66.1 Å². The van der Waals surface area contributed by atoms with Gasteiger partial charge in [-0.05, 0) is 62.8 Å². The number of rotatable bonds is 5. The van der Waals surface area contributed by atoms with Crippen LogP contribution in [-0.2, 0) is 0 Å². The molecule has 2 aromatic carbocycles. The summed E-state index contributed by atoms with van der Waals surface area (Å²) in [5.41, 5.74) is 6.47. The summed E-state index contributed by atoms with van der Waals surface area (Å²) in [5.74, 6) is 0.561. The first-order chi connectivity index (χ1) is 13.9. The lowest BCUT2D eigenvalue weighted by Gasteiger charge is -2.42. The van der Waals surface area contributed by atoms with Crippen molar-refractivity contribution in [1.82, 2.24) is 4.90 Å². The highest BCUT2D eigenvalue weighted by atomic mass is 16.1. The third-order valence-corrected chi connectivity index (χ3v) is 7.07. The summed E-state index contributed by atoms with van der Waals surface area (Å²) in [5, 5.41) is 0. The molecule has 2 nitrogen and oxygen atoms in total. The van der Waals surface area contributed by atoms with E-state index in [-0.39, 0.29) is 17.6 Å². The average Bonchev–Trinajstić information content (AvgIpc) is 2.96. The molecule has 2 saturated heterocycles. The van der Waals surface area contributed by atoms with Gasteiger partial charge in [-0.1, -0.05) is 72.8 Å². The molecular formula is C27H31NO. The second kappa shape index (κ2) is 7.76. The molecule has 4 atom stereocenters. The van der Waals surface area contributed by atoms with Gasteiger partial charge < -0.3 is 0 Å². The highest BCUT2D eigenvalue weighted by Gasteiger charge is 2.48. The summed E-state index contributed by atoms with van der Waals surface area (Å²) in [4.78, 5) is 16.2. The van der Waals surface area contributed by atoms with Gasteiger partial charge in [-0.25, -0.2) is 0 Å². The van der Waals surface area contributed by atoms with Crippen molar-refractivity contribution in [3.8, 4) is 0 Å². The third-order valence-electron chi connectivity index (χ3n) is 7.07. The normalized spacial score (nSPS) is 26.3. The predicted molar refractivity (Wildman–Crippen MR) is 122 cm³/mol. The number of fused-ring (bicyclic) bond motifs is 2. The van der Waals surface area contributed by atoms with Crippen LogP contribution in [0.3, 0.4) is 0 Å². The number of benzene rings is 2. The van der Waals surface area contributed by atoms with Crippen molar-refractivity contribution in [2.45, 2.75) is 51.1 Å². The Labute approximate surface area is 174 Å². The van der Waals surface area contributed by atoms with Crippen LogP contribution in [0.25, 0.3) is 11.1 Å². The Kier molecular flexibility index (Phi) is 5.31. The zero-order valence-corrected chi connectivity index (χ0v) is 17.8. The first-order valence-electron chi connectivity index (χ1n) is 10.6. The zero-order valence-electron chi connectivity index (χ0n) is 17.8. The summed E-state index contributed by atoms with van der Waals surface area (Å²) >= 11 is 0. The van der Waals surface area contributed by atoms with Crippen LogP contribution >= 0.6 is 0 Å². The summed E-state index contributed by atoms with van der Waals surface area (Å²) < 4.78 is 0. The third kappa shape index (κ3) is 3.62. The molecule has 150 valence electrons. The molecule has 0 unspecified atom stereocenters. The smallest absolute Gasteiger partial charge is 0.168 e. The Hall–Kier alpha value is -2.45. The number of ketones is 1. The van der Waals surface area contributed by atoms with Crippen molar-refractivity contribution in [3.05, 3.63) is 83.9 Å². The molecule has 2 heteroatoms. The van der Waals surface area contributed by atoms with Gasteiger partial charge in [0.05, 0.1) is 0 Å². The molecule has 0 aliphatic carbocycles. The lowest BCUT2D eigenvalue weighted by molar-refractivity contribution is 0.0643. The van der Waals surface area contributed by atoms with E-state index in [1.807, 2.05) is 38.1 Å². The summed E-state index contributed by atoms with van der Waals surface area (Å²) in [7, 11) is 2.20. The topological polar surface area (TPSA) is 20.3 Å². The van der Waals surface area contributed by atoms with Gasteiger partial charge in [-0.2, -0.15) is 0 Å². The second-order valence-corrected chi connectivity index (χ2v) is 8.96. The summed E-state index contributed by atoms with van der Waals surface area (Å²) in [6.45, 7) is 12.1. The fourth-order valence-corrected chi connectivity index (χ4v) is 5.29. The molecule has 0 radical (unpaired) electrons. The summed E-state index contributed by atoms with van der Waals surface area (Å²) in [6.07, 6.45) is 3.36. The predicted octanol–water partition coefficient (Wildman–Crippen LogP) is 6.20. The molecule has 2 aliphatic heterocycles. The number of Topliss-reactive ketones (excluding diaryl/α,β-unsaturated/α-hetero) is 1. The number of allylic oxidation sites excluding steroid dienone is 2. The fraction of sp³-hybridized carbons (Fsp3) is 0.370. The van der Waals surface area contributed by atoms with Crippen LogP contribution in [-0.4, -0.2) is 29.8 Å². The van der Waals surface area contributed by atoms with Crippen molar-refractivity contribution in [1.29, 1.82) is 0 Å². The molecule has 0 aromatic heterocycles. The number of hydrogen-bond donors (Lipinski definition) is 0. The van der Waals surface area contributed by atoms with Gasteiger partial charge in [0.2, 0.25) is 0 Å². The Bertz CT molecular complexity index is 938. The Morgan fingerprint density at radius 1 is 0.862 bits per heavy atom. The molecule has 29 heavy (non-hydrogen) atoms. The van der Waals surface area contributed by atoms with Gasteiger partial charge in [0, 0.05) is 23.6 Å². The van der Waals surface area contributed by atoms with Crippen molar-refractivity contribution < 1.29 is 4.79 Å². The van der Waals surface area contributed by atoms with Crippen LogP contribution in [0.15, 0.2) is 61.7 Å². The molecule has 2 heterocycles. The van der Waals surface area contributed by atoms with Gasteiger partial charge in [0.25, 0.3) is 0 Å². The molecule has 0 N–H and O–H groups in total. The Balaban J connectivity index is 1.69. The number of nitrogens with zero attached hydrogens (tertiary/aromatic N) is 1. The number of carbonyl (C=O) groups excluding carboxylic acids is 1. The van der Waals surface area contributed by atoms with Gasteiger partial charge in [0.1, 0.15) is 0 Å². The minimum absolute atomic E-state index is 0.00473. The zero-order chi connectivity index (χ0) is 20.7. The molecule has 0 spiro atoms. The lowest BCUT2D eigenvalue weighted by Crippen LogP contribution is -2.48. The molecule has 2 bridgehead atoms. The van der Waals surface area contributed by atoms with Gasteiger partial charge >= 0.3 is 0 Å². The second-order valence-electron chi connectivity index (χ2n) is 8.96. The van der Waals surface area contributed by atoms with E-state index in [9.17, 15) is 4.79 Å². The highest BCUT2D eigenvalue weighted by Crippen LogP contribution is 2.47. The van der Waals surface area contributed by atoms with E-state index in [0.29, 0.717) is 12.1 Å². The maximum absolute atomic E-state index is 13.7. The van der Waals surface area contributed by atoms with Crippen LogP contribution in [0.4, 0.5) is 0 Å². The van der Waals surface area contributed by atoms with Crippen LogP contribution in [0.5, 0.6) is 0 Å². The largest absolute Gasteiger partial charge is 0.300 e. The fourth-order valence-electron chi connectivity index (χ4n) is 5.29. The number of carbonyl (C=O) groups is 1. The molecule has 2 fully saturated rings. The van der Waals surface area contributed by atoms with E-state index < -0.39 is 0 Å². The van der Waals surface area contributed by atoms with Gasteiger partial charge in [0.15, 0.2) is 5.78 Å². The SMILES string of the molecule is C=C(C)c1ccc(C(=O)[C@@H]2[C@@H](c3ccc(C(=C)C)cc3)C[C@@H]3CC[C@H]2N3C)cc1. The van der Waals surface area contributed by atoms with E-state index in [1.165, 1.54) is 17.5 Å². The quantitative estimate of drug-likeness (QED) is 0.571. The van der Waals surface area contributed by atoms with Crippen molar-refractivity contribution in [2.75, 3.05) is 7.05 Å². The number of piperidine rings is 1. The maximum atomic E-state index is 13.7. The maximum Gasteiger partial charge on any atom is 0.168 e. The van der Waals surface area contributed by atoms with Gasteiger partial charge in [-0.3, -0.25) is 9.69 Å². The Morgan fingerprint density at radius 2 is 1.38 bits per heavy atom. The van der Waals surface area contributed by atoms with E-state index in [4.69, 9.17) is 0 Å². The first kappa shape index (κ1) is 19.8. The lowest BCUT2D eigenvalue weighted by atomic mass is 9.72. The molecular weight excluding hydrogens is 354 g/mol. The summed E-state index contributed by atoms with van der Waals surface area (Å²) in [6, 6.07) is 17.7. The first-order valence-corrected chi connectivity index (χ1v) is 10.6. The van der Waals surface area contributed by atoms with Crippen LogP contribution < -0.4 is 0 Å². The number of hydrogen-bond acceptors (Lipinski definition) is 2. The molecule has 0 amide bonds. The molecule has 4 rings (SSSR count). The Morgan fingerprint density at radius 3 is 1.93 bits per heavy atom. The molecule has 2 aliphatic rings. The van der Waals surface area contributed by atoms with Crippen LogP contribution in [0.2, 0.25) is 0 Å². The van der Waals surface area contributed by atoms with Gasteiger partial charge in [-0.15, -0.1) is 0 Å². The monoisotopic (exact) mass is 385 g/mol. The van der Waals surface area contributed by atoms with Crippen LogP contribution in [0, 0.1) is 5.92 Å². The molecule has 2 aromatic rings. The minimum atomic E-state index is 0.00473. The van der Waals surface area contributed by atoms with E-state index in [1.54, 1.807) is 0 Å². The van der Waals surface area contributed by atoms with Crippen molar-refractivity contribution in [3.63, 3.8) is 0 Å². The van der Waals surface area contributed by atoms with E-state index in [0.717, 1.165) is 35.1 Å². The van der Waals surface area contributed by atoms with E-state index >= 15 is 0 Å². The highest BCUT2D eigenvalue weighted by molar-refractivity contribution is 5.99. The minimum Gasteiger partial charge on any atom is -0.300 e.